The number of hydrogen-bond acceptors (Lipinski definition) is 3. The fraction of sp³-hybridized carbons (Fsp3) is 0.714. The summed E-state index contributed by atoms with van der Waals surface area (Å²) in [6.07, 6.45) is 7.98. The van der Waals surface area contributed by atoms with E-state index >= 15 is 0 Å². The molecule has 0 aromatic carbocycles. The van der Waals surface area contributed by atoms with Crippen LogP contribution in [0.15, 0.2) is 0 Å². The van der Waals surface area contributed by atoms with Gasteiger partial charge in [-0.25, -0.2) is 0 Å². The third-order valence-electron chi connectivity index (χ3n) is 1.35. The molecule has 0 rings (SSSR count). The Labute approximate surface area is 121 Å². The van der Waals surface area contributed by atoms with Crippen molar-refractivity contribution in [3.8, 4) is 0 Å². The summed E-state index contributed by atoms with van der Waals surface area (Å²) in [5.41, 5.74) is 0. The van der Waals surface area contributed by atoms with E-state index in [9.17, 15) is 0 Å². The number of aliphatic carboxylic acids is 3. The van der Waals surface area contributed by atoms with Gasteiger partial charge in [0, 0.05) is 20.8 Å². The number of carboxylic acids is 3. The quantitative estimate of drug-likeness (QED) is 0.669. The average molecular weight is 293 g/mol. The lowest BCUT2D eigenvalue weighted by Crippen LogP contribution is -1.78. The second kappa shape index (κ2) is 26.1. The Kier molecular flexibility index (Phi) is 35.0. The van der Waals surface area contributed by atoms with Gasteiger partial charge in [-0.3, -0.25) is 14.4 Å². The Balaban J connectivity index is -0.0000000917. The van der Waals surface area contributed by atoms with Gasteiger partial charge in [0.05, 0.1) is 0 Å². The zero-order valence-electron chi connectivity index (χ0n) is 13.0. The first-order valence-electron chi connectivity index (χ1n) is 6.49. The van der Waals surface area contributed by atoms with Gasteiger partial charge in [-0.2, -0.15) is 0 Å². The topological polar surface area (TPSA) is 112 Å². The molecule has 0 aliphatic carbocycles. The molecule has 1 radical (unpaired) electrons. The SMILES string of the molecule is CC(=O)O.CC(=O)O.CC(=O)O.[CH2]CCCCCCC. The largest absolute Gasteiger partial charge is 0.481 e. The molecule has 0 atom stereocenters. The van der Waals surface area contributed by atoms with Crippen molar-refractivity contribution >= 4 is 17.9 Å². The van der Waals surface area contributed by atoms with Gasteiger partial charge in [-0.1, -0.05) is 52.4 Å². The van der Waals surface area contributed by atoms with Crippen molar-refractivity contribution in [2.24, 2.45) is 0 Å². The molecule has 0 saturated carbocycles. The first kappa shape index (κ1) is 26.9. The van der Waals surface area contributed by atoms with Crippen LogP contribution in [0.4, 0.5) is 0 Å². The fourth-order valence-corrected chi connectivity index (χ4v) is 0.780. The van der Waals surface area contributed by atoms with Crippen molar-refractivity contribution in [1.82, 2.24) is 0 Å². The molecule has 0 aliphatic heterocycles. The first-order chi connectivity index (χ1) is 9.11. The zero-order chi connectivity index (χ0) is 17.0. The molecule has 0 unspecified atom stereocenters. The standard InChI is InChI=1S/C8H17.3C2H4O2/c1-3-5-7-8-6-4-2;3*1-2(3)4/h1,3-8H2,2H3;3*1H3,(H,3,4). The molecular formula is C14H29O6. The van der Waals surface area contributed by atoms with E-state index in [-0.39, 0.29) is 0 Å². The fourth-order valence-electron chi connectivity index (χ4n) is 0.780. The highest BCUT2D eigenvalue weighted by atomic mass is 16.4. The van der Waals surface area contributed by atoms with Gasteiger partial charge in [0.1, 0.15) is 0 Å². The van der Waals surface area contributed by atoms with Crippen LogP contribution in [-0.4, -0.2) is 33.2 Å². The molecule has 0 saturated heterocycles. The average Bonchev–Trinajstić information content (AvgIpc) is 2.22. The van der Waals surface area contributed by atoms with E-state index in [1.54, 1.807) is 0 Å². The monoisotopic (exact) mass is 293 g/mol. The van der Waals surface area contributed by atoms with Gasteiger partial charge in [-0.15, -0.1) is 0 Å². The van der Waals surface area contributed by atoms with Crippen molar-refractivity contribution < 1.29 is 29.7 Å². The molecular weight excluding hydrogens is 264 g/mol. The van der Waals surface area contributed by atoms with Crippen LogP contribution in [0, 0.1) is 6.92 Å². The third-order valence-corrected chi connectivity index (χ3v) is 1.35. The maximum atomic E-state index is 9.00. The second-order valence-corrected chi connectivity index (χ2v) is 3.82. The van der Waals surface area contributed by atoms with Gasteiger partial charge in [0.15, 0.2) is 0 Å². The summed E-state index contributed by atoms with van der Waals surface area (Å²) in [6.45, 7) is 9.27. The van der Waals surface area contributed by atoms with Crippen LogP contribution in [0.25, 0.3) is 0 Å². The van der Waals surface area contributed by atoms with Crippen LogP contribution in [0.3, 0.4) is 0 Å². The molecule has 0 amide bonds. The lowest BCUT2D eigenvalue weighted by molar-refractivity contribution is -0.135. The summed E-state index contributed by atoms with van der Waals surface area (Å²) in [6, 6.07) is 0. The minimum absolute atomic E-state index is 0.833. The van der Waals surface area contributed by atoms with E-state index in [1.165, 1.54) is 32.1 Å². The van der Waals surface area contributed by atoms with Crippen LogP contribution in [0.1, 0.15) is 66.2 Å². The molecule has 0 bridgehead atoms. The van der Waals surface area contributed by atoms with Crippen molar-refractivity contribution in [3.63, 3.8) is 0 Å². The maximum Gasteiger partial charge on any atom is 0.300 e. The molecule has 3 N–H and O–H groups in total. The van der Waals surface area contributed by atoms with Crippen LogP contribution in [-0.2, 0) is 14.4 Å². The lowest BCUT2D eigenvalue weighted by Gasteiger charge is -1.93. The van der Waals surface area contributed by atoms with E-state index in [0.29, 0.717) is 0 Å². The summed E-state index contributed by atoms with van der Waals surface area (Å²) >= 11 is 0. The van der Waals surface area contributed by atoms with Gasteiger partial charge < -0.3 is 15.3 Å². The highest BCUT2D eigenvalue weighted by molar-refractivity contribution is 5.63. The number of carbonyl (C=O) groups is 3. The highest BCUT2D eigenvalue weighted by Gasteiger charge is 1.83. The maximum absolute atomic E-state index is 9.00. The molecule has 0 aromatic heterocycles. The Morgan fingerprint density at radius 3 is 1.20 bits per heavy atom. The Bertz CT molecular complexity index is 179. The van der Waals surface area contributed by atoms with Crippen molar-refractivity contribution in [2.75, 3.05) is 0 Å². The molecule has 0 spiro atoms. The lowest BCUT2D eigenvalue weighted by atomic mass is 10.1. The van der Waals surface area contributed by atoms with Gasteiger partial charge >= 0.3 is 0 Å². The van der Waals surface area contributed by atoms with Crippen LogP contribution in [0.5, 0.6) is 0 Å². The number of hydrogen-bond donors (Lipinski definition) is 3. The van der Waals surface area contributed by atoms with Gasteiger partial charge in [0.25, 0.3) is 17.9 Å². The summed E-state index contributed by atoms with van der Waals surface area (Å²) in [5.74, 6) is -2.50. The summed E-state index contributed by atoms with van der Waals surface area (Å²) in [4.78, 5) is 27.0. The number of rotatable bonds is 5. The van der Waals surface area contributed by atoms with E-state index in [1.807, 2.05) is 0 Å². The smallest absolute Gasteiger partial charge is 0.300 e. The second-order valence-electron chi connectivity index (χ2n) is 3.82. The van der Waals surface area contributed by atoms with E-state index in [2.05, 4.69) is 13.8 Å². The number of carboxylic acid groups (broad SMARTS) is 3. The predicted octanol–water partition coefficient (Wildman–Crippen LogP) is 3.45. The number of unbranched alkanes of at least 4 members (excludes halogenated alkanes) is 5. The van der Waals surface area contributed by atoms with E-state index in [0.717, 1.165) is 27.2 Å². The molecule has 20 heavy (non-hydrogen) atoms. The molecule has 121 valence electrons. The summed E-state index contributed by atoms with van der Waals surface area (Å²) in [5, 5.41) is 22.2. The van der Waals surface area contributed by atoms with Crippen molar-refractivity contribution in [2.45, 2.75) is 66.2 Å². The molecule has 0 aromatic rings. The third kappa shape index (κ3) is 335. The van der Waals surface area contributed by atoms with E-state index < -0.39 is 17.9 Å². The van der Waals surface area contributed by atoms with Crippen LogP contribution < -0.4 is 0 Å². The van der Waals surface area contributed by atoms with Crippen LogP contribution >= 0.6 is 0 Å². The molecule has 0 fully saturated rings. The highest BCUT2D eigenvalue weighted by Crippen LogP contribution is 2.03. The molecule has 0 aliphatic rings. The Morgan fingerprint density at radius 1 is 0.750 bits per heavy atom. The van der Waals surface area contributed by atoms with Gasteiger partial charge in [0.2, 0.25) is 0 Å². The van der Waals surface area contributed by atoms with Crippen molar-refractivity contribution in [1.29, 1.82) is 0 Å². The first-order valence-corrected chi connectivity index (χ1v) is 6.49. The van der Waals surface area contributed by atoms with Gasteiger partial charge in [-0.05, 0) is 0 Å². The van der Waals surface area contributed by atoms with E-state index in [4.69, 9.17) is 29.7 Å². The predicted molar refractivity (Wildman–Crippen MR) is 78.7 cm³/mol. The zero-order valence-corrected chi connectivity index (χ0v) is 13.0. The normalized spacial score (nSPS) is 7.65. The molecule has 6 heteroatoms. The molecule has 6 nitrogen and oxygen atoms in total. The minimum atomic E-state index is -0.833. The summed E-state index contributed by atoms with van der Waals surface area (Å²) < 4.78 is 0. The Morgan fingerprint density at radius 2 is 1.00 bits per heavy atom. The minimum Gasteiger partial charge on any atom is -0.481 e. The van der Waals surface area contributed by atoms with Crippen molar-refractivity contribution in [3.05, 3.63) is 6.92 Å². The Hall–Kier alpha value is -1.59. The van der Waals surface area contributed by atoms with Crippen LogP contribution in [0.2, 0.25) is 0 Å². The molecule has 0 heterocycles. The summed E-state index contributed by atoms with van der Waals surface area (Å²) in [7, 11) is 0.